The zero-order chi connectivity index (χ0) is 15.0. The second-order valence-corrected chi connectivity index (χ2v) is 8.65. The maximum absolute atomic E-state index is 11.9. The van der Waals surface area contributed by atoms with E-state index >= 15 is 0 Å². The monoisotopic (exact) mass is 342 g/mol. The SMILES string of the molecule is C=CCSC1=N[C@@H]2CS(=O)(=O)C[C@H]2N1c1ccc(Cl)cc1. The van der Waals surface area contributed by atoms with E-state index in [0.717, 1.165) is 16.6 Å². The Hall–Kier alpha value is -0.980. The Balaban J connectivity index is 1.95. The third-order valence-electron chi connectivity index (χ3n) is 3.54. The highest BCUT2D eigenvalue weighted by molar-refractivity contribution is 8.14. The number of amidine groups is 1. The summed E-state index contributed by atoms with van der Waals surface area (Å²) in [5, 5.41) is 1.52. The fraction of sp³-hybridized carbons (Fsp3) is 0.357. The zero-order valence-corrected chi connectivity index (χ0v) is 13.7. The fourth-order valence-corrected chi connectivity index (χ4v) is 5.50. The maximum atomic E-state index is 11.9. The number of aliphatic imine (C=N–C) groups is 1. The van der Waals surface area contributed by atoms with Gasteiger partial charge in [-0.15, -0.1) is 6.58 Å². The van der Waals surface area contributed by atoms with Gasteiger partial charge in [-0.05, 0) is 24.3 Å². The molecular weight excluding hydrogens is 328 g/mol. The summed E-state index contributed by atoms with van der Waals surface area (Å²) in [6.45, 7) is 3.72. The lowest BCUT2D eigenvalue weighted by atomic mass is 10.1. The Kier molecular flexibility index (Phi) is 4.03. The van der Waals surface area contributed by atoms with Gasteiger partial charge in [0.15, 0.2) is 15.0 Å². The molecule has 0 spiro atoms. The van der Waals surface area contributed by atoms with Crippen molar-refractivity contribution in [3.05, 3.63) is 41.9 Å². The summed E-state index contributed by atoms with van der Waals surface area (Å²) >= 11 is 7.51. The van der Waals surface area contributed by atoms with Gasteiger partial charge in [-0.25, -0.2) is 8.42 Å². The van der Waals surface area contributed by atoms with Gasteiger partial charge < -0.3 is 4.90 Å². The molecule has 0 bridgehead atoms. The van der Waals surface area contributed by atoms with Crippen LogP contribution in [0.15, 0.2) is 41.9 Å². The summed E-state index contributed by atoms with van der Waals surface area (Å²) < 4.78 is 23.7. The lowest BCUT2D eigenvalue weighted by molar-refractivity contribution is 0.601. The number of hydrogen-bond acceptors (Lipinski definition) is 5. The zero-order valence-electron chi connectivity index (χ0n) is 11.3. The molecule has 112 valence electrons. The van der Waals surface area contributed by atoms with Gasteiger partial charge in [0.1, 0.15) is 0 Å². The van der Waals surface area contributed by atoms with E-state index in [-0.39, 0.29) is 23.6 Å². The molecule has 7 heteroatoms. The van der Waals surface area contributed by atoms with Gasteiger partial charge >= 0.3 is 0 Å². The van der Waals surface area contributed by atoms with Gasteiger partial charge in [0, 0.05) is 16.5 Å². The highest BCUT2D eigenvalue weighted by Crippen LogP contribution is 2.35. The second kappa shape index (κ2) is 5.66. The fourth-order valence-electron chi connectivity index (χ4n) is 2.67. The predicted molar refractivity (Wildman–Crippen MR) is 90.3 cm³/mol. The highest BCUT2D eigenvalue weighted by atomic mass is 35.5. The normalized spacial score (nSPS) is 26.5. The number of nitrogens with zero attached hydrogens (tertiary/aromatic N) is 2. The van der Waals surface area contributed by atoms with Crippen LogP contribution in [0.1, 0.15) is 0 Å². The molecule has 1 aromatic rings. The molecule has 0 unspecified atom stereocenters. The number of benzene rings is 1. The van der Waals surface area contributed by atoms with Crippen molar-refractivity contribution in [2.75, 3.05) is 22.2 Å². The molecule has 0 N–H and O–H groups in total. The van der Waals surface area contributed by atoms with Crippen LogP contribution in [0.4, 0.5) is 5.69 Å². The number of hydrogen-bond donors (Lipinski definition) is 0. The van der Waals surface area contributed by atoms with E-state index in [4.69, 9.17) is 11.6 Å². The lowest BCUT2D eigenvalue weighted by Crippen LogP contribution is -2.39. The van der Waals surface area contributed by atoms with E-state index in [9.17, 15) is 8.42 Å². The van der Waals surface area contributed by atoms with Crippen molar-refractivity contribution >= 4 is 44.1 Å². The summed E-state index contributed by atoms with van der Waals surface area (Å²) in [4.78, 5) is 6.64. The largest absolute Gasteiger partial charge is 0.315 e. The molecule has 2 aliphatic heterocycles. The van der Waals surface area contributed by atoms with Crippen LogP contribution in [0.25, 0.3) is 0 Å². The lowest BCUT2D eigenvalue weighted by Gasteiger charge is -2.26. The predicted octanol–water partition coefficient (Wildman–Crippen LogP) is 2.60. The molecule has 21 heavy (non-hydrogen) atoms. The Morgan fingerprint density at radius 2 is 2.10 bits per heavy atom. The number of sulfone groups is 1. The smallest absolute Gasteiger partial charge is 0.164 e. The molecule has 1 saturated heterocycles. The Labute approximate surface area is 133 Å². The van der Waals surface area contributed by atoms with Crippen LogP contribution >= 0.6 is 23.4 Å². The van der Waals surface area contributed by atoms with Crippen molar-refractivity contribution < 1.29 is 8.42 Å². The van der Waals surface area contributed by atoms with Gasteiger partial charge in [-0.1, -0.05) is 29.4 Å². The van der Waals surface area contributed by atoms with Crippen molar-refractivity contribution in [1.82, 2.24) is 0 Å². The van der Waals surface area contributed by atoms with E-state index in [2.05, 4.69) is 11.6 Å². The average molecular weight is 343 g/mol. The van der Waals surface area contributed by atoms with Crippen molar-refractivity contribution in [2.45, 2.75) is 12.1 Å². The van der Waals surface area contributed by atoms with Crippen LogP contribution in [0.3, 0.4) is 0 Å². The number of fused-ring (bicyclic) bond motifs is 1. The van der Waals surface area contributed by atoms with E-state index in [1.165, 1.54) is 0 Å². The minimum Gasteiger partial charge on any atom is -0.315 e. The third-order valence-corrected chi connectivity index (χ3v) is 6.46. The van der Waals surface area contributed by atoms with E-state index in [1.807, 2.05) is 35.2 Å². The molecular formula is C14H15ClN2O2S2. The molecule has 2 atom stereocenters. The Morgan fingerprint density at radius 3 is 2.76 bits per heavy atom. The van der Waals surface area contributed by atoms with Gasteiger partial charge in [0.05, 0.1) is 23.6 Å². The van der Waals surface area contributed by atoms with Crippen LogP contribution in [-0.2, 0) is 9.84 Å². The second-order valence-electron chi connectivity index (χ2n) is 5.07. The Bertz CT molecular complexity index is 685. The summed E-state index contributed by atoms with van der Waals surface area (Å²) in [7, 11) is -3.00. The molecule has 0 radical (unpaired) electrons. The van der Waals surface area contributed by atoms with E-state index in [1.54, 1.807) is 11.8 Å². The first-order valence-electron chi connectivity index (χ1n) is 6.57. The summed E-state index contributed by atoms with van der Waals surface area (Å²) in [6.07, 6.45) is 1.82. The van der Waals surface area contributed by atoms with Crippen molar-refractivity contribution in [2.24, 2.45) is 4.99 Å². The van der Waals surface area contributed by atoms with Crippen LogP contribution in [0.5, 0.6) is 0 Å². The summed E-state index contributed by atoms with van der Waals surface area (Å²) in [5.41, 5.74) is 0.930. The Morgan fingerprint density at radius 1 is 1.38 bits per heavy atom. The number of rotatable bonds is 3. The van der Waals surface area contributed by atoms with Crippen LogP contribution < -0.4 is 4.90 Å². The molecule has 4 nitrogen and oxygen atoms in total. The molecule has 2 heterocycles. The minimum atomic E-state index is -3.00. The first-order valence-corrected chi connectivity index (χ1v) is 9.75. The van der Waals surface area contributed by atoms with E-state index < -0.39 is 9.84 Å². The summed E-state index contributed by atoms with van der Waals surface area (Å²) in [6, 6.07) is 7.15. The highest BCUT2D eigenvalue weighted by Gasteiger charge is 2.46. The molecule has 1 fully saturated rings. The molecule has 1 aromatic carbocycles. The van der Waals surface area contributed by atoms with E-state index in [0.29, 0.717) is 5.02 Å². The first kappa shape index (κ1) is 14.9. The van der Waals surface area contributed by atoms with Gasteiger partial charge in [-0.3, -0.25) is 4.99 Å². The number of thioether (sulfide) groups is 1. The molecule has 0 aromatic heterocycles. The van der Waals surface area contributed by atoms with Crippen LogP contribution in [0, 0.1) is 0 Å². The standard InChI is InChI=1S/C14H15ClN2O2S2/c1-2-7-20-14-16-12-8-21(18,19)9-13(12)17(14)11-5-3-10(15)4-6-11/h2-6,12-13H,1,7-9H2/t12-,13-/m1/s1. The molecule has 0 amide bonds. The quantitative estimate of drug-likeness (QED) is 0.792. The molecule has 0 aliphatic carbocycles. The molecule has 2 aliphatic rings. The molecule has 0 saturated carbocycles. The minimum absolute atomic E-state index is 0.108. The molecule has 3 rings (SSSR count). The number of anilines is 1. The van der Waals surface area contributed by atoms with Crippen LogP contribution in [-0.4, -0.2) is 42.9 Å². The summed E-state index contributed by atoms with van der Waals surface area (Å²) in [5.74, 6) is 1.04. The van der Waals surface area contributed by atoms with Crippen molar-refractivity contribution in [3.8, 4) is 0 Å². The maximum Gasteiger partial charge on any atom is 0.164 e. The van der Waals surface area contributed by atoms with Crippen LogP contribution in [0.2, 0.25) is 5.02 Å². The first-order chi connectivity index (χ1) is 10.00. The average Bonchev–Trinajstić information content (AvgIpc) is 2.89. The van der Waals surface area contributed by atoms with Gasteiger partial charge in [0.2, 0.25) is 0 Å². The van der Waals surface area contributed by atoms with Gasteiger partial charge in [0.25, 0.3) is 0 Å². The topological polar surface area (TPSA) is 49.7 Å². The number of halogens is 1. The van der Waals surface area contributed by atoms with Crippen molar-refractivity contribution in [1.29, 1.82) is 0 Å². The van der Waals surface area contributed by atoms with Crippen molar-refractivity contribution in [3.63, 3.8) is 0 Å². The third kappa shape index (κ3) is 2.98. The van der Waals surface area contributed by atoms with Gasteiger partial charge in [-0.2, -0.15) is 0 Å².